The van der Waals surface area contributed by atoms with Gasteiger partial charge in [0.25, 0.3) is 5.91 Å². The molecule has 100 valence electrons. The molecule has 0 spiro atoms. The second kappa shape index (κ2) is 5.03. The van der Waals surface area contributed by atoms with Crippen molar-refractivity contribution in [2.45, 2.75) is 38.6 Å². The molecule has 1 aromatic carbocycles. The van der Waals surface area contributed by atoms with Crippen molar-refractivity contribution in [3.63, 3.8) is 0 Å². The van der Waals surface area contributed by atoms with Crippen LogP contribution in [-0.2, 0) is 0 Å². The van der Waals surface area contributed by atoms with E-state index < -0.39 is 0 Å². The number of carbonyl (C=O) groups excluding carboxylic acids is 1. The molecule has 4 nitrogen and oxygen atoms in total. The third kappa shape index (κ3) is 2.48. The van der Waals surface area contributed by atoms with Crippen LogP contribution in [0.5, 0.6) is 0 Å². The Kier molecular flexibility index (Phi) is 3.23. The Morgan fingerprint density at radius 1 is 1.37 bits per heavy atom. The average Bonchev–Trinajstić information content (AvgIpc) is 2.88. The van der Waals surface area contributed by atoms with E-state index in [1.54, 1.807) is 6.33 Å². The summed E-state index contributed by atoms with van der Waals surface area (Å²) in [7, 11) is 0. The van der Waals surface area contributed by atoms with E-state index in [-0.39, 0.29) is 5.91 Å². The lowest BCUT2D eigenvalue weighted by Gasteiger charge is -2.29. The second-order valence-electron chi connectivity index (χ2n) is 5.48. The Morgan fingerprint density at radius 3 is 3.05 bits per heavy atom. The van der Waals surface area contributed by atoms with E-state index >= 15 is 0 Å². The van der Waals surface area contributed by atoms with Crippen molar-refractivity contribution < 1.29 is 4.79 Å². The minimum Gasteiger partial charge on any atom is -0.349 e. The molecule has 0 saturated heterocycles. The fourth-order valence-electron chi connectivity index (χ4n) is 2.86. The van der Waals surface area contributed by atoms with Crippen LogP contribution in [0.2, 0.25) is 0 Å². The lowest BCUT2D eigenvalue weighted by Crippen LogP contribution is -2.41. The van der Waals surface area contributed by atoms with Crippen LogP contribution in [-0.4, -0.2) is 21.9 Å². The van der Waals surface area contributed by atoms with Crippen LogP contribution in [0.4, 0.5) is 0 Å². The number of hydrogen-bond acceptors (Lipinski definition) is 2. The van der Waals surface area contributed by atoms with Gasteiger partial charge in [-0.1, -0.05) is 19.8 Å². The van der Waals surface area contributed by atoms with Gasteiger partial charge in [-0.15, -0.1) is 0 Å². The number of aromatic nitrogens is 2. The molecule has 3 rings (SSSR count). The Hall–Kier alpha value is -1.84. The molecule has 4 heteroatoms. The van der Waals surface area contributed by atoms with Crippen LogP contribution in [0.25, 0.3) is 11.0 Å². The summed E-state index contributed by atoms with van der Waals surface area (Å²) in [6.45, 7) is 2.22. The summed E-state index contributed by atoms with van der Waals surface area (Å²) in [5, 5.41) is 3.17. The van der Waals surface area contributed by atoms with Crippen LogP contribution < -0.4 is 5.32 Å². The van der Waals surface area contributed by atoms with E-state index in [0.29, 0.717) is 17.5 Å². The molecule has 0 bridgehead atoms. The Labute approximate surface area is 112 Å². The van der Waals surface area contributed by atoms with Gasteiger partial charge in [-0.2, -0.15) is 0 Å². The number of imidazole rings is 1. The summed E-state index contributed by atoms with van der Waals surface area (Å²) in [6, 6.07) is 5.90. The number of nitrogens with one attached hydrogen (secondary N) is 2. The summed E-state index contributed by atoms with van der Waals surface area (Å²) < 4.78 is 0. The minimum absolute atomic E-state index is 0.0234. The van der Waals surface area contributed by atoms with E-state index in [4.69, 9.17) is 0 Å². The van der Waals surface area contributed by atoms with Gasteiger partial charge in [0.1, 0.15) is 0 Å². The molecule has 1 aromatic heterocycles. The maximum Gasteiger partial charge on any atom is 0.251 e. The summed E-state index contributed by atoms with van der Waals surface area (Å²) in [4.78, 5) is 19.5. The van der Waals surface area contributed by atoms with Crippen molar-refractivity contribution in [3.05, 3.63) is 30.1 Å². The van der Waals surface area contributed by atoms with E-state index in [0.717, 1.165) is 17.5 Å². The molecule has 2 unspecified atom stereocenters. The molecule has 19 heavy (non-hydrogen) atoms. The van der Waals surface area contributed by atoms with Gasteiger partial charge in [0.2, 0.25) is 0 Å². The van der Waals surface area contributed by atoms with Crippen molar-refractivity contribution in [1.82, 2.24) is 15.3 Å². The molecule has 1 aliphatic carbocycles. The molecule has 1 saturated carbocycles. The lowest BCUT2D eigenvalue weighted by molar-refractivity contribution is 0.0910. The molecule has 2 atom stereocenters. The highest BCUT2D eigenvalue weighted by atomic mass is 16.1. The Balaban J connectivity index is 1.75. The number of hydrogen-bond donors (Lipinski definition) is 2. The monoisotopic (exact) mass is 257 g/mol. The molecule has 2 aromatic rings. The van der Waals surface area contributed by atoms with Crippen molar-refractivity contribution in [1.29, 1.82) is 0 Å². The predicted octanol–water partition coefficient (Wildman–Crippen LogP) is 2.87. The van der Waals surface area contributed by atoms with Gasteiger partial charge in [0, 0.05) is 11.6 Å². The zero-order valence-electron chi connectivity index (χ0n) is 11.1. The summed E-state index contributed by atoms with van der Waals surface area (Å²) in [5.74, 6) is 0.601. The first-order valence-corrected chi connectivity index (χ1v) is 6.98. The fourth-order valence-corrected chi connectivity index (χ4v) is 2.86. The molecule has 1 aliphatic rings. The van der Waals surface area contributed by atoms with Crippen LogP contribution in [0, 0.1) is 5.92 Å². The molecular formula is C15H19N3O. The van der Waals surface area contributed by atoms with Crippen LogP contribution >= 0.6 is 0 Å². The van der Waals surface area contributed by atoms with Crippen molar-refractivity contribution in [2.75, 3.05) is 0 Å². The van der Waals surface area contributed by atoms with E-state index in [9.17, 15) is 4.79 Å². The fraction of sp³-hybridized carbons (Fsp3) is 0.467. The normalized spacial score (nSPS) is 23.4. The maximum atomic E-state index is 12.3. The third-order valence-electron chi connectivity index (χ3n) is 4.11. The molecule has 1 heterocycles. The molecule has 0 radical (unpaired) electrons. The first-order valence-electron chi connectivity index (χ1n) is 6.98. The number of rotatable bonds is 2. The highest BCUT2D eigenvalue weighted by Crippen LogP contribution is 2.24. The molecule has 2 N–H and O–H groups in total. The van der Waals surface area contributed by atoms with Gasteiger partial charge >= 0.3 is 0 Å². The number of benzene rings is 1. The van der Waals surface area contributed by atoms with Crippen molar-refractivity contribution in [3.8, 4) is 0 Å². The maximum absolute atomic E-state index is 12.3. The first kappa shape index (κ1) is 12.2. The third-order valence-corrected chi connectivity index (χ3v) is 4.11. The Morgan fingerprint density at radius 2 is 2.21 bits per heavy atom. The molecule has 1 fully saturated rings. The number of amides is 1. The molecular weight excluding hydrogens is 238 g/mol. The first-order chi connectivity index (χ1) is 9.24. The SMILES string of the molecule is CC1CCCCC1NC(=O)c1ccc2nc[nH]c2c1. The van der Waals surface area contributed by atoms with E-state index in [1.807, 2.05) is 18.2 Å². The predicted molar refractivity (Wildman–Crippen MR) is 75.0 cm³/mol. The zero-order valence-corrected chi connectivity index (χ0v) is 11.1. The summed E-state index contributed by atoms with van der Waals surface area (Å²) in [6.07, 6.45) is 6.46. The minimum atomic E-state index is 0.0234. The van der Waals surface area contributed by atoms with Crippen LogP contribution in [0.1, 0.15) is 43.0 Å². The highest BCUT2D eigenvalue weighted by molar-refractivity contribution is 5.97. The quantitative estimate of drug-likeness (QED) is 0.869. The lowest BCUT2D eigenvalue weighted by atomic mass is 9.86. The van der Waals surface area contributed by atoms with Gasteiger partial charge < -0.3 is 10.3 Å². The number of aromatic amines is 1. The smallest absolute Gasteiger partial charge is 0.251 e. The number of carbonyl (C=O) groups is 1. The number of nitrogens with zero attached hydrogens (tertiary/aromatic N) is 1. The van der Waals surface area contributed by atoms with Gasteiger partial charge in [0.15, 0.2) is 0 Å². The van der Waals surface area contributed by atoms with Crippen LogP contribution in [0.3, 0.4) is 0 Å². The van der Waals surface area contributed by atoms with E-state index in [2.05, 4.69) is 22.2 Å². The standard InChI is InChI=1S/C15H19N3O/c1-10-4-2-3-5-12(10)18-15(19)11-6-7-13-14(8-11)17-9-16-13/h6-10,12H,2-5H2,1H3,(H,16,17)(H,18,19). The highest BCUT2D eigenvalue weighted by Gasteiger charge is 2.23. The second-order valence-corrected chi connectivity index (χ2v) is 5.48. The number of H-pyrrole nitrogens is 1. The van der Waals surface area contributed by atoms with Crippen molar-refractivity contribution in [2.24, 2.45) is 5.92 Å². The van der Waals surface area contributed by atoms with Gasteiger partial charge in [-0.05, 0) is 37.0 Å². The number of fused-ring (bicyclic) bond motifs is 1. The van der Waals surface area contributed by atoms with Gasteiger partial charge in [0.05, 0.1) is 17.4 Å². The zero-order chi connectivity index (χ0) is 13.2. The molecule has 0 aliphatic heterocycles. The van der Waals surface area contributed by atoms with Crippen molar-refractivity contribution >= 4 is 16.9 Å². The average molecular weight is 257 g/mol. The van der Waals surface area contributed by atoms with Crippen LogP contribution in [0.15, 0.2) is 24.5 Å². The molecule has 1 amide bonds. The topological polar surface area (TPSA) is 57.8 Å². The van der Waals surface area contributed by atoms with Gasteiger partial charge in [-0.25, -0.2) is 4.98 Å². The Bertz CT molecular complexity index is 590. The summed E-state index contributed by atoms with van der Waals surface area (Å²) in [5.41, 5.74) is 2.50. The van der Waals surface area contributed by atoms with E-state index in [1.165, 1.54) is 19.3 Å². The largest absolute Gasteiger partial charge is 0.349 e. The van der Waals surface area contributed by atoms with Gasteiger partial charge in [-0.3, -0.25) is 4.79 Å². The summed E-state index contributed by atoms with van der Waals surface area (Å²) >= 11 is 0.